The zero-order valence-corrected chi connectivity index (χ0v) is 9.99. The SMILES string of the molecule is CC[PH](=O)OC=C=CC(C)(OC)OC. The number of methoxy groups -OCH3 is 2. The molecule has 5 heteroatoms. The van der Waals surface area contributed by atoms with E-state index in [-0.39, 0.29) is 0 Å². The van der Waals surface area contributed by atoms with Crippen molar-refractivity contribution >= 4 is 8.03 Å². The first kappa shape index (κ1) is 13.5. The van der Waals surface area contributed by atoms with Crippen LogP contribution >= 0.6 is 8.03 Å². The second-order valence-corrected chi connectivity index (χ2v) is 4.38. The van der Waals surface area contributed by atoms with Crippen LogP contribution in [-0.4, -0.2) is 26.2 Å². The summed E-state index contributed by atoms with van der Waals surface area (Å²) in [7, 11) is 1.12. The Morgan fingerprint density at radius 2 is 2.00 bits per heavy atom. The molecule has 0 heterocycles. The quantitative estimate of drug-likeness (QED) is 0.298. The van der Waals surface area contributed by atoms with E-state index in [4.69, 9.17) is 14.0 Å². The first-order chi connectivity index (χ1) is 6.58. The van der Waals surface area contributed by atoms with Crippen molar-refractivity contribution in [3.05, 3.63) is 18.1 Å². The summed E-state index contributed by atoms with van der Waals surface area (Å²) in [6.07, 6.45) is 3.34. The van der Waals surface area contributed by atoms with Crippen LogP contribution < -0.4 is 0 Å². The predicted molar refractivity (Wildman–Crippen MR) is 55.7 cm³/mol. The van der Waals surface area contributed by atoms with Crippen molar-refractivity contribution in [1.29, 1.82) is 0 Å². The summed E-state index contributed by atoms with van der Waals surface area (Å²) < 4.78 is 25.8. The molecule has 0 aliphatic heterocycles. The molecule has 82 valence electrons. The smallest absolute Gasteiger partial charge is 0.236 e. The molecule has 0 aliphatic carbocycles. The molecule has 1 atom stereocenters. The number of hydrogen-bond acceptors (Lipinski definition) is 4. The van der Waals surface area contributed by atoms with Crippen LogP contribution in [0.2, 0.25) is 0 Å². The molecule has 0 saturated heterocycles. The fraction of sp³-hybridized carbons (Fsp3) is 0.667. The lowest BCUT2D eigenvalue weighted by atomic mass is 10.3. The van der Waals surface area contributed by atoms with Gasteiger partial charge in [-0.1, -0.05) is 12.7 Å². The molecule has 0 rings (SSSR count). The molecule has 4 nitrogen and oxygen atoms in total. The van der Waals surface area contributed by atoms with Crippen molar-refractivity contribution in [3.63, 3.8) is 0 Å². The fourth-order valence-electron chi connectivity index (χ4n) is 0.570. The second kappa shape index (κ2) is 6.86. The molecular weight excluding hydrogens is 203 g/mol. The van der Waals surface area contributed by atoms with E-state index in [0.29, 0.717) is 6.16 Å². The minimum absolute atomic E-state index is 0.522. The number of rotatable bonds is 6. The highest BCUT2D eigenvalue weighted by molar-refractivity contribution is 7.39. The van der Waals surface area contributed by atoms with Crippen LogP contribution in [0.3, 0.4) is 0 Å². The predicted octanol–water partition coefficient (Wildman–Crippen LogP) is 2.18. The Morgan fingerprint density at radius 1 is 1.43 bits per heavy atom. The standard InChI is InChI=1S/C9H17O4P/c1-5-14(10)13-8-6-7-9(2,11-3)12-4/h7-8,14H,5H2,1-4H3. The van der Waals surface area contributed by atoms with Gasteiger partial charge in [-0.3, -0.25) is 4.57 Å². The van der Waals surface area contributed by atoms with Crippen LogP contribution in [0, 0.1) is 0 Å². The molecule has 0 aromatic heterocycles. The molecule has 0 bridgehead atoms. The van der Waals surface area contributed by atoms with Crippen molar-refractivity contribution < 1.29 is 18.6 Å². The van der Waals surface area contributed by atoms with Crippen LogP contribution in [-0.2, 0) is 18.6 Å². The molecule has 0 aromatic carbocycles. The van der Waals surface area contributed by atoms with Crippen LogP contribution in [0.1, 0.15) is 13.8 Å². The van der Waals surface area contributed by atoms with Gasteiger partial charge in [0.25, 0.3) is 0 Å². The molecule has 1 unspecified atom stereocenters. The van der Waals surface area contributed by atoms with E-state index >= 15 is 0 Å². The van der Waals surface area contributed by atoms with E-state index in [2.05, 4.69) is 5.73 Å². The third kappa shape index (κ3) is 5.25. The molecule has 0 fully saturated rings. The first-order valence-corrected chi connectivity index (χ1v) is 5.82. The van der Waals surface area contributed by atoms with E-state index in [9.17, 15) is 4.57 Å². The molecule has 0 aliphatic rings. The van der Waals surface area contributed by atoms with Gasteiger partial charge < -0.3 is 14.0 Å². The monoisotopic (exact) mass is 220 g/mol. The Morgan fingerprint density at radius 3 is 2.43 bits per heavy atom. The molecule has 0 saturated carbocycles. The normalized spacial score (nSPS) is 12.9. The van der Waals surface area contributed by atoms with Crippen LogP contribution in [0.4, 0.5) is 0 Å². The van der Waals surface area contributed by atoms with Gasteiger partial charge in [-0.05, 0) is 6.92 Å². The van der Waals surface area contributed by atoms with Gasteiger partial charge in [-0.25, -0.2) is 0 Å². The van der Waals surface area contributed by atoms with Gasteiger partial charge in [0.05, 0.1) is 0 Å². The molecule has 0 N–H and O–H groups in total. The maximum Gasteiger partial charge on any atom is 0.236 e. The van der Waals surface area contributed by atoms with Crippen molar-refractivity contribution in [3.8, 4) is 0 Å². The van der Waals surface area contributed by atoms with Crippen molar-refractivity contribution in [2.45, 2.75) is 19.6 Å². The summed E-state index contributed by atoms with van der Waals surface area (Å²) in [5.41, 5.74) is 2.70. The summed E-state index contributed by atoms with van der Waals surface area (Å²) in [5, 5.41) is 0. The third-order valence-electron chi connectivity index (χ3n) is 1.70. The van der Waals surface area contributed by atoms with E-state index < -0.39 is 13.8 Å². The van der Waals surface area contributed by atoms with Gasteiger partial charge in [-0.15, -0.1) is 0 Å². The maximum absolute atomic E-state index is 10.9. The minimum Gasteiger partial charge on any atom is -0.444 e. The van der Waals surface area contributed by atoms with Crippen LogP contribution in [0.25, 0.3) is 0 Å². The van der Waals surface area contributed by atoms with E-state index in [0.717, 1.165) is 0 Å². The van der Waals surface area contributed by atoms with Gasteiger partial charge >= 0.3 is 0 Å². The summed E-state index contributed by atoms with van der Waals surface area (Å²) in [6.45, 7) is 3.53. The van der Waals surface area contributed by atoms with Crippen molar-refractivity contribution in [1.82, 2.24) is 0 Å². The minimum atomic E-state index is -1.93. The number of ether oxygens (including phenoxy) is 2. The molecule has 14 heavy (non-hydrogen) atoms. The molecule has 0 aromatic rings. The molecule has 0 radical (unpaired) electrons. The van der Waals surface area contributed by atoms with Gasteiger partial charge in [-0.2, -0.15) is 0 Å². The summed E-state index contributed by atoms with van der Waals surface area (Å²) in [4.78, 5) is 0. The van der Waals surface area contributed by atoms with E-state index in [1.807, 2.05) is 0 Å². The molecular formula is C9H17O4P. The lowest BCUT2D eigenvalue weighted by molar-refractivity contribution is -0.155. The van der Waals surface area contributed by atoms with E-state index in [1.165, 1.54) is 20.5 Å². The Balaban J connectivity index is 4.20. The lowest BCUT2D eigenvalue weighted by Gasteiger charge is -2.20. The highest BCUT2D eigenvalue weighted by Crippen LogP contribution is 2.20. The zero-order chi connectivity index (χ0) is 11.0. The lowest BCUT2D eigenvalue weighted by Crippen LogP contribution is -2.26. The zero-order valence-electron chi connectivity index (χ0n) is 8.99. The highest BCUT2D eigenvalue weighted by atomic mass is 31.1. The topological polar surface area (TPSA) is 44.8 Å². The van der Waals surface area contributed by atoms with Crippen molar-refractivity contribution in [2.75, 3.05) is 20.4 Å². The van der Waals surface area contributed by atoms with Gasteiger partial charge in [0.1, 0.15) is 6.26 Å². The van der Waals surface area contributed by atoms with Crippen molar-refractivity contribution in [2.24, 2.45) is 0 Å². The third-order valence-corrected chi connectivity index (χ3v) is 2.66. The summed E-state index contributed by atoms with van der Waals surface area (Å²) >= 11 is 0. The average molecular weight is 220 g/mol. The second-order valence-electron chi connectivity index (χ2n) is 2.70. The maximum atomic E-state index is 10.9. The fourth-order valence-corrected chi connectivity index (χ4v) is 0.936. The van der Waals surface area contributed by atoms with Gasteiger partial charge in [0.2, 0.25) is 8.03 Å². The van der Waals surface area contributed by atoms with E-state index in [1.54, 1.807) is 19.9 Å². The molecule has 0 spiro atoms. The Hall–Kier alpha value is -0.530. The van der Waals surface area contributed by atoms with Gasteiger partial charge in [0, 0.05) is 26.5 Å². The average Bonchev–Trinajstić information content (AvgIpc) is 2.23. The highest BCUT2D eigenvalue weighted by Gasteiger charge is 2.17. The summed E-state index contributed by atoms with van der Waals surface area (Å²) in [5.74, 6) is -0.818. The Labute approximate surface area is 85.4 Å². The first-order valence-electron chi connectivity index (χ1n) is 4.30. The Bertz CT molecular complexity index is 239. The van der Waals surface area contributed by atoms with Crippen LogP contribution in [0.5, 0.6) is 0 Å². The molecule has 0 amide bonds. The largest absolute Gasteiger partial charge is 0.444 e. The van der Waals surface area contributed by atoms with Gasteiger partial charge in [0.15, 0.2) is 5.79 Å². The van der Waals surface area contributed by atoms with Crippen LogP contribution in [0.15, 0.2) is 18.1 Å². The number of hydrogen-bond donors (Lipinski definition) is 0. The Kier molecular flexibility index (Phi) is 6.60. The summed E-state index contributed by atoms with van der Waals surface area (Å²) in [6, 6.07) is 0.